The second-order valence-corrected chi connectivity index (χ2v) is 4.32. The second-order valence-electron chi connectivity index (χ2n) is 3.51. The molecule has 1 aromatic carbocycles. The van der Waals surface area contributed by atoms with E-state index in [9.17, 15) is 4.79 Å². The number of H-pyrrole nitrogens is 1. The number of hydrogen-bond acceptors (Lipinski definition) is 2. The van der Waals surface area contributed by atoms with E-state index in [0.717, 1.165) is 0 Å². The number of aromatic carboxylic acids is 1. The van der Waals surface area contributed by atoms with Crippen molar-refractivity contribution in [2.75, 3.05) is 0 Å². The van der Waals surface area contributed by atoms with Gasteiger partial charge in [0.05, 0.1) is 10.0 Å². The number of nitrogens with one attached hydrogen (secondary N) is 1. The quantitative estimate of drug-likeness (QED) is 0.879. The van der Waals surface area contributed by atoms with E-state index in [1.807, 2.05) is 0 Å². The highest BCUT2D eigenvalue weighted by Gasteiger charge is 2.18. The van der Waals surface area contributed by atoms with Gasteiger partial charge in [-0.1, -0.05) is 29.3 Å². The molecule has 2 aromatic rings. The van der Waals surface area contributed by atoms with Gasteiger partial charge in [0.2, 0.25) is 0 Å². The lowest BCUT2D eigenvalue weighted by Gasteiger charge is -2.01. The average molecular weight is 271 g/mol. The number of rotatable bonds is 2. The fraction of sp³-hybridized carbons (Fsp3) is 0.0909. The first-order valence-corrected chi connectivity index (χ1v) is 5.50. The maximum absolute atomic E-state index is 11.1. The molecule has 0 spiro atoms. The molecule has 4 nitrogen and oxygen atoms in total. The second kappa shape index (κ2) is 4.39. The first-order chi connectivity index (χ1) is 8.00. The fourth-order valence-corrected chi connectivity index (χ4v) is 1.84. The zero-order chi connectivity index (χ0) is 12.6. The number of aromatic amines is 1. The fourth-order valence-electron chi connectivity index (χ4n) is 1.54. The van der Waals surface area contributed by atoms with Crippen molar-refractivity contribution in [3.63, 3.8) is 0 Å². The first kappa shape index (κ1) is 12.0. The molecule has 0 unspecified atom stereocenters. The van der Waals surface area contributed by atoms with E-state index in [0.29, 0.717) is 27.0 Å². The molecule has 2 rings (SSSR count). The third-order valence-electron chi connectivity index (χ3n) is 2.35. The van der Waals surface area contributed by atoms with Gasteiger partial charge in [0.25, 0.3) is 0 Å². The smallest absolute Gasteiger partial charge is 0.339 e. The minimum atomic E-state index is -1.03. The monoisotopic (exact) mass is 270 g/mol. The van der Waals surface area contributed by atoms with E-state index in [1.165, 1.54) is 0 Å². The molecule has 0 aliphatic carbocycles. The Labute approximate surface area is 107 Å². The molecule has 1 heterocycles. The molecule has 2 N–H and O–H groups in total. The van der Waals surface area contributed by atoms with Gasteiger partial charge < -0.3 is 5.11 Å². The van der Waals surface area contributed by atoms with Crippen LogP contribution >= 0.6 is 23.2 Å². The molecule has 0 amide bonds. The summed E-state index contributed by atoms with van der Waals surface area (Å²) in [7, 11) is 0. The highest BCUT2D eigenvalue weighted by atomic mass is 35.5. The van der Waals surface area contributed by atoms with Crippen LogP contribution in [0.5, 0.6) is 0 Å². The third-order valence-corrected chi connectivity index (χ3v) is 3.09. The van der Waals surface area contributed by atoms with Crippen molar-refractivity contribution >= 4 is 29.2 Å². The standard InChI is InChI=1S/C11H8Cl2N2O2/c1-5-9(11(16)17)10(15-14-5)6-2-3-7(12)8(13)4-6/h2-4H,1H3,(H,14,15)(H,16,17). The van der Waals surface area contributed by atoms with Crippen LogP contribution < -0.4 is 0 Å². The van der Waals surface area contributed by atoms with Crippen molar-refractivity contribution < 1.29 is 9.90 Å². The SMILES string of the molecule is Cc1[nH]nc(-c2ccc(Cl)c(Cl)c2)c1C(=O)O. The number of nitrogens with zero attached hydrogens (tertiary/aromatic N) is 1. The molecule has 0 fully saturated rings. The largest absolute Gasteiger partial charge is 0.478 e. The molecule has 17 heavy (non-hydrogen) atoms. The lowest BCUT2D eigenvalue weighted by atomic mass is 10.1. The molecule has 0 aliphatic rings. The minimum absolute atomic E-state index is 0.142. The van der Waals surface area contributed by atoms with E-state index in [1.54, 1.807) is 25.1 Å². The lowest BCUT2D eigenvalue weighted by molar-refractivity contribution is 0.0697. The third kappa shape index (κ3) is 2.14. The molecule has 0 saturated carbocycles. The van der Waals surface area contributed by atoms with Gasteiger partial charge in [-0.2, -0.15) is 5.10 Å². The van der Waals surface area contributed by atoms with Gasteiger partial charge in [-0.05, 0) is 19.1 Å². The number of aromatic nitrogens is 2. The van der Waals surface area contributed by atoms with Crippen molar-refractivity contribution in [2.45, 2.75) is 6.92 Å². The van der Waals surface area contributed by atoms with E-state index in [4.69, 9.17) is 28.3 Å². The summed E-state index contributed by atoms with van der Waals surface area (Å²) in [6.45, 7) is 1.65. The summed E-state index contributed by atoms with van der Waals surface area (Å²) in [5.74, 6) is -1.03. The van der Waals surface area contributed by atoms with Crippen LogP contribution in [0, 0.1) is 6.92 Å². The average Bonchev–Trinajstić information content (AvgIpc) is 2.64. The highest BCUT2D eigenvalue weighted by Crippen LogP contribution is 2.30. The molecule has 88 valence electrons. The number of benzene rings is 1. The molecular weight excluding hydrogens is 263 g/mol. The Morgan fingerprint density at radius 2 is 2.06 bits per heavy atom. The van der Waals surface area contributed by atoms with E-state index >= 15 is 0 Å². The van der Waals surface area contributed by atoms with Crippen LogP contribution in [0.25, 0.3) is 11.3 Å². The van der Waals surface area contributed by atoms with Gasteiger partial charge in [-0.15, -0.1) is 0 Å². The Hall–Kier alpha value is -1.52. The molecule has 0 atom stereocenters. The maximum atomic E-state index is 11.1. The molecule has 0 bridgehead atoms. The number of carboxylic acid groups (broad SMARTS) is 1. The Kier molecular flexibility index (Phi) is 3.09. The van der Waals surface area contributed by atoms with Crippen LogP contribution in [0.3, 0.4) is 0 Å². The number of hydrogen-bond donors (Lipinski definition) is 2. The first-order valence-electron chi connectivity index (χ1n) is 4.74. The van der Waals surface area contributed by atoms with Crippen LogP contribution in [0.1, 0.15) is 16.1 Å². The summed E-state index contributed by atoms with van der Waals surface area (Å²) >= 11 is 11.7. The summed E-state index contributed by atoms with van der Waals surface area (Å²) < 4.78 is 0. The summed E-state index contributed by atoms with van der Waals surface area (Å²) in [4.78, 5) is 11.1. The van der Waals surface area contributed by atoms with Crippen molar-refractivity contribution in [1.82, 2.24) is 10.2 Å². The van der Waals surface area contributed by atoms with Gasteiger partial charge in [-0.25, -0.2) is 4.79 Å². The molecule has 0 saturated heterocycles. The Balaban J connectivity index is 2.60. The van der Waals surface area contributed by atoms with Crippen LogP contribution in [-0.2, 0) is 0 Å². The molecule has 0 aliphatic heterocycles. The van der Waals surface area contributed by atoms with Gasteiger partial charge in [0, 0.05) is 11.3 Å². The summed E-state index contributed by atoms with van der Waals surface area (Å²) in [5, 5.41) is 16.5. The minimum Gasteiger partial charge on any atom is -0.478 e. The van der Waals surface area contributed by atoms with Crippen molar-refractivity contribution in [1.29, 1.82) is 0 Å². The van der Waals surface area contributed by atoms with E-state index in [2.05, 4.69) is 10.2 Å². The normalized spacial score (nSPS) is 10.5. The summed E-state index contributed by atoms with van der Waals surface area (Å²) in [6.07, 6.45) is 0. The zero-order valence-corrected chi connectivity index (χ0v) is 10.3. The van der Waals surface area contributed by atoms with Gasteiger partial charge in [0.1, 0.15) is 11.3 Å². The zero-order valence-electron chi connectivity index (χ0n) is 8.79. The summed E-state index contributed by atoms with van der Waals surface area (Å²) in [6, 6.07) is 4.87. The number of halogens is 2. The van der Waals surface area contributed by atoms with E-state index < -0.39 is 5.97 Å². The Morgan fingerprint density at radius 1 is 1.35 bits per heavy atom. The predicted molar refractivity (Wildman–Crippen MR) is 65.7 cm³/mol. The topological polar surface area (TPSA) is 66.0 Å². The highest BCUT2D eigenvalue weighted by molar-refractivity contribution is 6.42. The number of carboxylic acids is 1. The van der Waals surface area contributed by atoms with Crippen LogP contribution in [0.15, 0.2) is 18.2 Å². The van der Waals surface area contributed by atoms with Gasteiger partial charge >= 0.3 is 5.97 Å². The van der Waals surface area contributed by atoms with Crippen molar-refractivity contribution in [3.8, 4) is 11.3 Å². The molecule has 0 radical (unpaired) electrons. The van der Waals surface area contributed by atoms with E-state index in [-0.39, 0.29) is 5.56 Å². The van der Waals surface area contributed by atoms with Gasteiger partial charge in [0.15, 0.2) is 0 Å². The maximum Gasteiger partial charge on any atom is 0.339 e. The lowest BCUT2D eigenvalue weighted by Crippen LogP contribution is -1.99. The van der Waals surface area contributed by atoms with Crippen LogP contribution in [0.4, 0.5) is 0 Å². The molecule has 1 aromatic heterocycles. The molecular formula is C11H8Cl2N2O2. The van der Waals surface area contributed by atoms with Crippen molar-refractivity contribution in [2.24, 2.45) is 0 Å². The van der Waals surface area contributed by atoms with Crippen LogP contribution in [-0.4, -0.2) is 21.3 Å². The summed E-state index contributed by atoms with van der Waals surface area (Å²) in [5.41, 5.74) is 1.61. The molecule has 6 heteroatoms. The number of aryl methyl sites for hydroxylation is 1. The van der Waals surface area contributed by atoms with Crippen molar-refractivity contribution in [3.05, 3.63) is 39.5 Å². The number of carbonyl (C=O) groups is 1. The van der Waals surface area contributed by atoms with Crippen LogP contribution in [0.2, 0.25) is 10.0 Å². The Bertz CT molecular complexity index is 593. The van der Waals surface area contributed by atoms with Gasteiger partial charge in [-0.3, -0.25) is 5.10 Å². The Morgan fingerprint density at radius 3 is 2.65 bits per heavy atom. The predicted octanol–water partition coefficient (Wildman–Crippen LogP) is 3.39.